The number of nitrogens with zero attached hydrogens (tertiary/aromatic N) is 3. The number of carbonyl (C=O) groups is 2. The van der Waals surface area contributed by atoms with E-state index in [0.29, 0.717) is 18.9 Å². The Morgan fingerprint density at radius 1 is 1.19 bits per heavy atom. The van der Waals surface area contributed by atoms with Crippen LogP contribution in [0.2, 0.25) is 0 Å². The maximum Gasteiger partial charge on any atom is 0.290 e. The molecule has 1 saturated carbocycles. The van der Waals surface area contributed by atoms with E-state index in [1.807, 2.05) is 47.5 Å². The van der Waals surface area contributed by atoms with E-state index >= 15 is 0 Å². The molecule has 4 rings (SSSR count). The number of nitrogens with one attached hydrogen (secondary N) is 1. The first-order valence-electron chi connectivity index (χ1n) is 12.2. The molecule has 1 aliphatic heterocycles. The molecule has 0 radical (unpaired) electrons. The second-order valence-electron chi connectivity index (χ2n) is 9.37. The molecule has 1 aliphatic carbocycles. The molecule has 2 aliphatic rings. The third kappa shape index (κ3) is 4.68. The molecule has 0 spiro atoms. The Morgan fingerprint density at radius 3 is 2.69 bits per heavy atom. The van der Waals surface area contributed by atoms with E-state index in [1.54, 1.807) is 4.90 Å². The largest absolute Gasteiger partial charge is 0.351 e. The van der Waals surface area contributed by atoms with Crippen LogP contribution in [-0.4, -0.2) is 55.9 Å². The molecular formula is C25H36N4O2S. The van der Waals surface area contributed by atoms with E-state index in [-0.39, 0.29) is 17.9 Å². The zero-order chi connectivity index (χ0) is 22.6. The van der Waals surface area contributed by atoms with Crippen LogP contribution in [0.4, 0.5) is 0 Å². The van der Waals surface area contributed by atoms with E-state index in [0.717, 1.165) is 61.1 Å². The Morgan fingerprint density at radius 2 is 1.94 bits per heavy atom. The Bertz CT molecular complexity index is 951. The summed E-state index contributed by atoms with van der Waals surface area (Å²) in [6.45, 7) is 5.14. The van der Waals surface area contributed by atoms with Gasteiger partial charge >= 0.3 is 0 Å². The lowest BCUT2D eigenvalue weighted by molar-refractivity contribution is -0.133. The topological polar surface area (TPSA) is 67.2 Å². The highest BCUT2D eigenvalue weighted by Crippen LogP contribution is 2.31. The van der Waals surface area contributed by atoms with Crippen molar-refractivity contribution in [3.05, 3.63) is 30.1 Å². The van der Waals surface area contributed by atoms with Crippen LogP contribution >= 0.6 is 11.8 Å². The summed E-state index contributed by atoms with van der Waals surface area (Å²) >= 11 is 1.91. The van der Waals surface area contributed by atoms with Gasteiger partial charge in [0.15, 0.2) is 5.82 Å². The number of fused-ring (bicyclic) bond motifs is 3. The Balaban J connectivity index is 1.61. The van der Waals surface area contributed by atoms with Gasteiger partial charge in [0.2, 0.25) is 5.91 Å². The van der Waals surface area contributed by atoms with Crippen LogP contribution < -0.4 is 5.32 Å². The fourth-order valence-corrected chi connectivity index (χ4v) is 5.84. The number of rotatable bonds is 8. The number of aromatic nitrogens is 2. The number of hydrogen-bond acceptors (Lipinski definition) is 4. The van der Waals surface area contributed by atoms with Gasteiger partial charge in [0.1, 0.15) is 5.54 Å². The first kappa shape index (κ1) is 23.1. The standard InChI is InChI=1S/C25H36N4O2S/c1-3-16-32-17-10-15-29-23(30)22-27-20-13-8-9-14-21(20)28(22)18-25(29,2)24(31)26-19-11-6-4-5-7-12-19/h8-9,13-14,19H,3-7,10-12,15-18H2,1-2H3,(H,26,31). The lowest BCUT2D eigenvalue weighted by Crippen LogP contribution is -2.65. The van der Waals surface area contributed by atoms with Crippen molar-refractivity contribution < 1.29 is 9.59 Å². The number of imidazole rings is 1. The van der Waals surface area contributed by atoms with Crippen LogP contribution in [0.3, 0.4) is 0 Å². The average molecular weight is 457 g/mol. The summed E-state index contributed by atoms with van der Waals surface area (Å²) in [6.07, 6.45) is 8.90. The summed E-state index contributed by atoms with van der Waals surface area (Å²) in [6, 6.07) is 8.02. The minimum absolute atomic E-state index is 0.0256. The number of thioether (sulfide) groups is 1. The van der Waals surface area contributed by atoms with Crippen molar-refractivity contribution in [3.8, 4) is 0 Å². The molecular weight excluding hydrogens is 420 g/mol. The summed E-state index contributed by atoms with van der Waals surface area (Å²) in [4.78, 5) is 33.8. The molecule has 1 aromatic carbocycles. The van der Waals surface area contributed by atoms with Crippen molar-refractivity contribution in [1.82, 2.24) is 19.8 Å². The van der Waals surface area contributed by atoms with Gasteiger partial charge in [0, 0.05) is 12.6 Å². The third-order valence-corrected chi connectivity index (χ3v) is 8.13. The van der Waals surface area contributed by atoms with Crippen molar-refractivity contribution in [3.63, 3.8) is 0 Å². The van der Waals surface area contributed by atoms with Crippen LogP contribution in [0.1, 0.15) is 75.8 Å². The van der Waals surface area contributed by atoms with Crippen molar-refractivity contribution >= 4 is 34.6 Å². The Hall–Kier alpha value is -2.02. The van der Waals surface area contributed by atoms with Gasteiger partial charge in [-0.15, -0.1) is 0 Å². The normalized spacial score (nSPS) is 22.1. The molecule has 1 unspecified atom stereocenters. The number of carbonyl (C=O) groups excluding carboxylic acids is 2. The molecule has 6 nitrogen and oxygen atoms in total. The number of amides is 2. The molecule has 2 amide bonds. The summed E-state index contributed by atoms with van der Waals surface area (Å²) in [5.74, 6) is 2.42. The molecule has 2 aromatic rings. The summed E-state index contributed by atoms with van der Waals surface area (Å²) in [5, 5.41) is 3.33. The predicted molar refractivity (Wildman–Crippen MR) is 131 cm³/mol. The first-order valence-corrected chi connectivity index (χ1v) is 13.4. The van der Waals surface area contributed by atoms with Crippen LogP contribution in [0, 0.1) is 0 Å². The van der Waals surface area contributed by atoms with Crippen LogP contribution in [0.15, 0.2) is 24.3 Å². The highest BCUT2D eigenvalue weighted by Gasteiger charge is 2.48. The van der Waals surface area contributed by atoms with Crippen LogP contribution in [0.5, 0.6) is 0 Å². The fourth-order valence-electron chi connectivity index (χ4n) is 5.02. The summed E-state index contributed by atoms with van der Waals surface area (Å²) in [7, 11) is 0. The minimum Gasteiger partial charge on any atom is -0.351 e. The monoisotopic (exact) mass is 456 g/mol. The van der Waals surface area contributed by atoms with Gasteiger partial charge in [0.25, 0.3) is 5.91 Å². The third-order valence-electron chi connectivity index (χ3n) is 6.85. The molecule has 174 valence electrons. The van der Waals surface area contributed by atoms with Gasteiger partial charge in [-0.3, -0.25) is 9.59 Å². The Kier molecular flexibility index (Phi) is 7.44. The molecule has 0 saturated heterocycles. The second kappa shape index (κ2) is 10.3. The van der Waals surface area contributed by atoms with Gasteiger partial charge in [-0.05, 0) is 56.2 Å². The molecule has 1 fully saturated rings. The lowest BCUT2D eigenvalue weighted by Gasteiger charge is -2.44. The van der Waals surface area contributed by atoms with Crippen LogP contribution in [-0.2, 0) is 11.3 Å². The first-order chi connectivity index (χ1) is 15.5. The summed E-state index contributed by atoms with van der Waals surface area (Å²) < 4.78 is 1.95. The van der Waals surface area contributed by atoms with E-state index in [1.165, 1.54) is 12.8 Å². The fraction of sp³-hybridized carbons (Fsp3) is 0.640. The van der Waals surface area contributed by atoms with Crippen LogP contribution in [0.25, 0.3) is 11.0 Å². The van der Waals surface area contributed by atoms with Gasteiger partial charge in [-0.2, -0.15) is 11.8 Å². The highest BCUT2D eigenvalue weighted by atomic mass is 32.2. The number of benzene rings is 1. The average Bonchev–Trinajstić information content (AvgIpc) is 2.96. The van der Waals surface area contributed by atoms with Crippen molar-refractivity contribution in [2.45, 2.75) is 83.3 Å². The van der Waals surface area contributed by atoms with Crippen molar-refractivity contribution in [1.29, 1.82) is 0 Å². The quantitative estimate of drug-likeness (QED) is 0.465. The number of para-hydroxylation sites is 2. The zero-order valence-electron chi connectivity index (χ0n) is 19.4. The molecule has 1 N–H and O–H groups in total. The van der Waals surface area contributed by atoms with E-state index in [4.69, 9.17) is 0 Å². The smallest absolute Gasteiger partial charge is 0.290 e. The SMILES string of the molecule is CCCSCCCN1C(=O)c2nc3ccccc3n2CC1(C)C(=O)NC1CCCCCC1. The van der Waals surface area contributed by atoms with Gasteiger partial charge in [-0.1, -0.05) is 44.7 Å². The predicted octanol–water partition coefficient (Wildman–Crippen LogP) is 4.62. The molecule has 2 heterocycles. The van der Waals surface area contributed by atoms with E-state index < -0.39 is 5.54 Å². The molecule has 1 atom stereocenters. The lowest BCUT2D eigenvalue weighted by atomic mass is 9.94. The highest BCUT2D eigenvalue weighted by molar-refractivity contribution is 7.99. The molecule has 1 aromatic heterocycles. The summed E-state index contributed by atoms with van der Waals surface area (Å²) in [5.41, 5.74) is 0.806. The van der Waals surface area contributed by atoms with Gasteiger partial charge in [-0.25, -0.2) is 4.98 Å². The Labute approximate surface area is 195 Å². The van der Waals surface area contributed by atoms with Gasteiger partial charge in [0.05, 0.1) is 17.6 Å². The van der Waals surface area contributed by atoms with E-state index in [9.17, 15) is 9.59 Å². The number of hydrogen-bond donors (Lipinski definition) is 1. The molecule has 7 heteroatoms. The maximum atomic E-state index is 13.7. The van der Waals surface area contributed by atoms with Crippen molar-refractivity contribution in [2.24, 2.45) is 0 Å². The minimum atomic E-state index is -0.921. The van der Waals surface area contributed by atoms with Crippen molar-refractivity contribution in [2.75, 3.05) is 18.1 Å². The second-order valence-corrected chi connectivity index (χ2v) is 10.6. The molecule has 32 heavy (non-hydrogen) atoms. The maximum absolute atomic E-state index is 13.7. The van der Waals surface area contributed by atoms with E-state index in [2.05, 4.69) is 17.2 Å². The van der Waals surface area contributed by atoms with Gasteiger partial charge < -0.3 is 14.8 Å². The zero-order valence-corrected chi connectivity index (χ0v) is 20.3. The molecule has 0 bridgehead atoms.